The van der Waals surface area contributed by atoms with Crippen LogP contribution in [-0.2, 0) is 22.6 Å². The third kappa shape index (κ3) is 3.87. The number of carbonyl (C=O) groups is 1. The summed E-state index contributed by atoms with van der Waals surface area (Å²) in [7, 11) is 0.609. The largest absolute Gasteiger partial charge is 0.336 e. The Balaban J connectivity index is 1.43. The van der Waals surface area contributed by atoms with Crippen molar-refractivity contribution in [3.05, 3.63) is 36.7 Å². The summed E-state index contributed by atoms with van der Waals surface area (Å²) in [6.45, 7) is -0.369. The molecule has 1 aromatic heterocycles. The molecule has 150 valence electrons. The molecule has 0 N–H and O–H groups in total. The van der Waals surface area contributed by atoms with Gasteiger partial charge in [0.1, 0.15) is 0 Å². The number of rotatable bonds is 4. The molecule has 1 aliphatic carbocycles. The summed E-state index contributed by atoms with van der Waals surface area (Å²) < 4.78 is 41.6. The minimum Gasteiger partial charge on any atom is -0.336 e. The van der Waals surface area contributed by atoms with Crippen molar-refractivity contribution >= 4 is 16.7 Å². The van der Waals surface area contributed by atoms with E-state index in [9.17, 15) is 17.8 Å². The fourth-order valence-electron chi connectivity index (χ4n) is 4.10. The van der Waals surface area contributed by atoms with Crippen LogP contribution in [0.1, 0.15) is 25.7 Å². The van der Waals surface area contributed by atoms with E-state index in [0.717, 1.165) is 16.0 Å². The van der Waals surface area contributed by atoms with E-state index in [1.54, 1.807) is 10.9 Å². The van der Waals surface area contributed by atoms with Crippen molar-refractivity contribution < 1.29 is 17.8 Å². The molecule has 1 saturated heterocycles. The van der Waals surface area contributed by atoms with Gasteiger partial charge < -0.3 is 4.90 Å². The van der Waals surface area contributed by atoms with E-state index < -0.39 is 23.3 Å². The van der Waals surface area contributed by atoms with Gasteiger partial charge in [-0.05, 0) is 37.0 Å². The molecule has 0 bridgehead atoms. The quantitative estimate of drug-likeness (QED) is 0.782. The van der Waals surface area contributed by atoms with Gasteiger partial charge in [0, 0.05) is 47.8 Å². The molecule has 2 heterocycles. The SMILES string of the molecule is Cn1cc(-c2cccc(S(=O)C3CCC(C(=O)N4CCC(F)(F)C4)C3)c2)cn1. The van der Waals surface area contributed by atoms with Gasteiger partial charge in [0.2, 0.25) is 5.91 Å². The van der Waals surface area contributed by atoms with Crippen molar-refractivity contribution in [2.24, 2.45) is 13.0 Å². The van der Waals surface area contributed by atoms with Gasteiger partial charge in [0.15, 0.2) is 0 Å². The first-order valence-electron chi connectivity index (χ1n) is 9.49. The van der Waals surface area contributed by atoms with E-state index >= 15 is 0 Å². The lowest BCUT2D eigenvalue weighted by atomic mass is 10.1. The van der Waals surface area contributed by atoms with E-state index in [-0.39, 0.29) is 30.0 Å². The molecular formula is C20H23F2N3O2S. The molecule has 0 radical (unpaired) electrons. The van der Waals surface area contributed by atoms with Gasteiger partial charge in [-0.25, -0.2) is 8.78 Å². The van der Waals surface area contributed by atoms with E-state index in [1.807, 2.05) is 37.5 Å². The first kappa shape index (κ1) is 19.2. The molecule has 0 spiro atoms. The molecule has 1 saturated carbocycles. The molecule has 5 nitrogen and oxygen atoms in total. The maximum absolute atomic E-state index is 13.4. The van der Waals surface area contributed by atoms with Gasteiger partial charge in [0.05, 0.1) is 23.5 Å². The highest BCUT2D eigenvalue weighted by Crippen LogP contribution is 2.36. The molecule has 8 heteroatoms. The van der Waals surface area contributed by atoms with Crippen molar-refractivity contribution in [2.75, 3.05) is 13.1 Å². The van der Waals surface area contributed by atoms with Crippen LogP contribution >= 0.6 is 0 Å². The Kier molecular flexibility index (Phi) is 5.07. The Hall–Kier alpha value is -2.09. The van der Waals surface area contributed by atoms with Crippen molar-refractivity contribution in [3.8, 4) is 11.1 Å². The normalized spacial score (nSPS) is 25.2. The highest BCUT2D eigenvalue weighted by Gasteiger charge is 2.43. The fraction of sp³-hybridized carbons (Fsp3) is 0.500. The third-order valence-electron chi connectivity index (χ3n) is 5.62. The Morgan fingerprint density at radius 3 is 2.79 bits per heavy atom. The lowest BCUT2D eigenvalue weighted by molar-refractivity contribution is -0.135. The number of halogens is 2. The van der Waals surface area contributed by atoms with Crippen LogP contribution < -0.4 is 0 Å². The number of aromatic nitrogens is 2. The number of hydrogen-bond acceptors (Lipinski definition) is 3. The van der Waals surface area contributed by atoms with Gasteiger partial charge >= 0.3 is 0 Å². The van der Waals surface area contributed by atoms with E-state index in [2.05, 4.69) is 5.10 Å². The zero-order valence-electron chi connectivity index (χ0n) is 15.7. The minimum absolute atomic E-state index is 0.114. The van der Waals surface area contributed by atoms with Gasteiger partial charge in [-0.3, -0.25) is 13.7 Å². The third-order valence-corrected chi connectivity index (χ3v) is 7.37. The van der Waals surface area contributed by atoms with Crippen molar-refractivity contribution in [1.29, 1.82) is 0 Å². The van der Waals surface area contributed by atoms with Crippen LogP contribution in [0.5, 0.6) is 0 Å². The topological polar surface area (TPSA) is 55.2 Å². The second kappa shape index (κ2) is 7.39. The van der Waals surface area contributed by atoms with Gasteiger partial charge in [-0.15, -0.1) is 0 Å². The first-order chi connectivity index (χ1) is 13.3. The van der Waals surface area contributed by atoms with Crippen LogP contribution in [0.15, 0.2) is 41.6 Å². The molecular weight excluding hydrogens is 384 g/mol. The summed E-state index contributed by atoms with van der Waals surface area (Å²) in [5.41, 5.74) is 1.90. The zero-order chi connectivity index (χ0) is 19.9. The maximum atomic E-state index is 13.4. The van der Waals surface area contributed by atoms with E-state index in [1.165, 1.54) is 4.90 Å². The van der Waals surface area contributed by atoms with Crippen molar-refractivity contribution in [3.63, 3.8) is 0 Å². The van der Waals surface area contributed by atoms with Crippen LogP contribution in [0, 0.1) is 5.92 Å². The first-order valence-corrected chi connectivity index (χ1v) is 10.7. The molecule has 2 fully saturated rings. The lowest BCUT2D eigenvalue weighted by Gasteiger charge is -2.20. The molecule has 1 aromatic carbocycles. The Bertz CT molecular complexity index is 914. The smallest absolute Gasteiger partial charge is 0.267 e. The monoisotopic (exact) mass is 407 g/mol. The predicted octanol–water partition coefficient (Wildman–Crippen LogP) is 3.23. The van der Waals surface area contributed by atoms with Crippen molar-refractivity contribution in [1.82, 2.24) is 14.7 Å². The van der Waals surface area contributed by atoms with E-state index in [4.69, 9.17) is 0 Å². The average Bonchev–Trinajstić information content (AvgIpc) is 3.40. The zero-order valence-corrected chi connectivity index (χ0v) is 16.5. The Morgan fingerprint density at radius 2 is 2.11 bits per heavy atom. The molecule has 4 rings (SSSR count). The van der Waals surface area contributed by atoms with Gasteiger partial charge in [-0.1, -0.05) is 12.1 Å². The summed E-state index contributed by atoms with van der Waals surface area (Å²) in [6.07, 6.45) is 5.17. The van der Waals surface area contributed by atoms with Crippen LogP contribution in [-0.4, -0.2) is 49.1 Å². The highest BCUT2D eigenvalue weighted by atomic mass is 32.2. The molecule has 3 atom stereocenters. The minimum atomic E-state index is -2.77. The Morgan fingerprint density at radius 1 is 1.29 bits per heavy atom. The highest BCUT2D eigenvalue weighted by molar-refractivity contribution is 7.85. The average molecular weight is 407 g/mol. The number of benzene rings is 1. The number of aryl methyl sites for hydroxylation is 1. The lowest BCUT2D eigenvalue weighted by Crippen LogP contribution is -2.35. The number of likely N-dealkylation sites (tertiary alicyclic amines) is 1. The molecule has 1 aliphatic heterocycles. The summed E-state index contributed by atoms with van der Waals surface area (Å²) in [5.74, 6) is -3.28. The number of nitrogens with zero attached hydrogens (tertiary/aromatic N) is 3. The molecule has 2 aromatic rings. The standard InChI is InChI=1S/C20H23F2N3O2S/c1-24-12-16(11-23-24)14-3-2-4-17(9-14)28(27)18-6-5-15(10-18)19(26)25-8-7-20(21,22)13-25/h2-4,9,11-12,15,18H,5-8,10,13H2,1H3. The second-order valence-electron chi connectivity index (χ2n) is 7.73. The van der Waals surface area contributed by atoms with Crippen LogP contribution in [0.4, 0.5) is 8.78 Å². The van der Waals surface area contributed by atoms with Crippen molar-refractivity contribution in [2.45, 2.75) is 41.8 Å². The number of alkyl halides is 2. The summed E-state index contributed by atoms with van der Waals surface area (Å²) >= 11 is 0. The maximum Gasteiger partial charge on any atom is 0.267 e. The van der Waals surface area contributed by atoms with Crippen LogP contribution in [0.25, 0.3) is 11.1 Å². The van der Waals surface area contributed by atoms with Crippen LogP contribution in [0.3, 0.4) is 0 Å². The summed E-state index contributed by atoms with van der Waals surface area (Å²) in [6, 6.07) is 7.57. The molecule has 2 aliphatic rings. The number of hydrogen-bond donors (Lipinski definition) is 0. The summed E-state index contributed by atoms with van der Waals surface area (Å²) in [4.78, 5) is 14.6. The molecule has 1 amide bonds. The van der Waals surface area contributed by atoms with Gasteiger partial charge in [-0.2, -0.15) is 5.10 Å². The Labute approximate surface area is 165 Å². The van der Waals surface area contributed by atoms with Gasteiger partial charge in [0.25, 0.3) is 5.92 Å². The number of amides is 1. The fourth-order valence-corrected chi connectivity index (χ4v) is 5.70. The number of carbonyl (C=O) groups excluding carboxylic acids is 1. The molecule has 28 heavy (non-hydrogen) atoms. The second-order valence-corrected chi connectivity index (χ2v) is 9.46. The van der Waals surface area contributed by atoms with Crippen LogP contribution in [0.2, 0.25) is 0 Å². The summed E-state index contributed by atoms with van der Waals surface area (Å²) in [5, 5.41) is 4.04. The van der Waals surface area contributed by atoms with E-state index in [0.29, 0.717) is 19.3 Å². The predicted molar refractivity (Wildman–Crippen MR) is 102 cm³/mol. The molecule has 3 unspecified atom stereocenters.